The van der Waals surface area contributed by atoms with Crippen LogP contribution in [0.5, 0.6) is 0 Å². The van der Waals surface area contributed by atoms with E-state index in [0.29, 0.717) is 0 Å². The maximum Gasteiger partial charge on any atom is 0.178 e. The van der Waals surface area contributed by atoms with E-state index < -0.39 is 0 Å². The van der Waals surface area contributed by atoms with Gasteiger partial charge in [-0.3, -0.25) is 0 Å². The third-order valence-electron chi connectivity index (χ3n) is 13.5. The lowest BCUT2D eigenvalue weighted by molar-refractivity contribution is 0.555. The van der Waals surface area contributed by atoms with Crippen molar-refractivity contribution >= 4 is 88.4 Å². The molecule has 0 aliphatic carbocycles. The van der Waals surface area contributed by atoms with Crippen LogP contribution in [0.1, 0.15) is 142 Å². The van der Waals surface area contributed by atoms with Crippen LogP contribution in [-0.2, 0) is 0 Å². The number of unbranched alkanes of at least 4 members (excludes halogenated alkanes) is 18. The van der Waals surface area contributed by atoms with Crippen molar-refractivity contribution in [2.45, 2.75) is 142 Å². The zero-order chi connectivity index (χ0) is 42.1. The fraction of sp³-hybridized carbons (Fsp3) is 0.429. The van der Waals surface area contributed by atoms with Crippen LogP contribution in [0, 0.1) is 0 Å². The van der Waals surface area contributed by atoms with Crippen LogP contribution < -0.4 is 9.80 Å². The number of fused-ring (bicyclic) bond motifs is 14. The van der Waals surface area contributed by atoms with Crippen molar-refractivity contribution in [3.05, 3.63) is 97.1 Å². The van der Waals surface area contributed by atoms with Gasteiger partial charge in [-0.25, -0.2) is 19.9 Å². The second-order valence-electron chi connectivity index (χ2n) is 18.0. The molecule has 0 unspecified atom stereocenters. The molecular weight excluding hydrogens is 757 g/mol. The number of rotatable bonds is 22. The minimum Gasteiger partial charge on any atom is -0.305 e. The average molecular weight is 823 g/mol. The summed E-state index contributed by atoms with van der Waals surface area (Å²) in [6.45, 7) is 6.23. The summed E-state index contributed by atoms with van der Waals surface area (Å²) in [5.74, 6) is 3.64. The lowest BCUT2D eigenvalue weighted by Gasteiger charge is -2.37. The third kappa shape index (κ3) is 8.67. The second-order valence-corrected chi connectivity index (χ2v) is 18.0. The highest BCUT2D eigenvalue weighted by Gasteiger charge is 2.35. The topological polar surface area (TPSA) is 58.0 Å². The van der Waals surface area contributed by atoms with Crippen LogP contribution in [0.4, 0.5) is 23.3 Å². The Balaban J connectivity index is 1.14. The first-order chi connectivity index (χ1) is 30.8. The Morgan fingerprint density at radius 1 is 0.274 bits per heavy atom. The number of aromatic nitrogens is 4. The van der Waals surface area contributed by atoms with Crippen molar-refractivity contribution < 1.29 is 0 Å². The summed E-state index contributed by atoms with van der Waals surface area (Å²) < 4.78 is 0. The Hall–Kier alpha value is -5.36. The van der Waals surface area contributed by atoms with Crippen molar-refractivity contribution in [3.8, 4) is 0 Å². The van der Waals surface area contributed by atoms with E-state index in [0.717, 1.165) is 92.8 Å². The van der Waals surface area contributed by atoms with E-state index in [2.05, 4.69) is 121 Å². The molecule has 8 aromatic rings. The molecule has 1 aliphatic rings. The molecule has 9 rings (SSSR count). The van der Waals surface area contributed by atoms with Crippen LogP contribution in [-0.4, -0.2) is 33.0 Å². The zero-order valence-electron chi connectivity index (χ0n) is 37.5. The van der Waals surface area contributed by atoms with Crippen molar-refractivity contribution in [2.75, 3.05) is 22.9 Å². The van der Waals surface area contributed by atoms with Crippen LogP contribution >= 0.6 is 0 Å². The van der Waals surface area contributed by atoms with Crippen molar-refractivity contribution in [1.29, 1.82) is 0 Å². The molecule has 0 fully saturated rings. The summed E-state index contributed by atoms with van der Waals surface area (Å²) >= 11 is 0. The van der Waals surface area contributed by atoms with E-state index in [1.165, 1.54) is 137 Å². The standard InChI is InChI=1S/C56H66N6/c1-3-5-7-9-11-13-15-17-19-29-39-61-53-55(59-51-47-37-27-23-33-43(47)41-31-21-25-35-45(41)49(51)57-53)62(40-30-20-18-16-14-12-10-8-6-4-2)56-54(61)58-50-46-36-26-22-32-42(46)44-34-24-28-38-48(44)52(50)60-56/h21-28,31-38H,3-20,29-30,39-40H2,1-2H3. The minimum atomic E-state index is 0.819. The molecule has 6 aromatic carbocycles. The van der Waals surface area contributed by atoms with Gasteiger partial charge in [0.2, 0.25) is 0 Å². The highest BCUT2D eigenvalue weighted by molar-refractivity contribution is 6.25. The number of hydrogen-bond acceptors (Lipinski definition) is 6. The maximum atomic E-state index is 5.73. The molecule has 6 heteroatoms. The quantitative estimate of drug-likeness (QED) is 0.0501. The molecule has 0 N–H and O–H groups in total. The van der Waals surface area contributed by atoms with Crippen molar-refractivity contribution in [1.82, 2.24) is 19.9 Å². The van der Waals surface area contributed by atoms with Gasteiger partial charge in [-0.2, -0.15) is 0 Å². The predicted molar refractivity (Wildman–Crippen MR) is 267 cm³/mol. The fourth-order valence-electron chi connectivity index (χ4n) is 10.1. The molecule has 0 saturated carbocycles. The van der Waals surface area contributed by atoms with Gasteiger partial charge in [-0.05, 0) is 34.4 Å². The summed E-state index contributed by atoms with van der Waals surface area (Å²) in [7, 11) is 0. The lowest BCUT2D eigenvalue weighted by atomic mass is 9.99. The summed E-state index contributed by atoms with van der Waals surface area (Å²) in [5, 5.41) is 9.44. The van der Waals surface area contributed by atoms with E-state index in [4.69, 9.17) is 19.9 Å². The van der Waals surface area contributed by atoms with Gasteiger partial charge in [0.15, 0.2) is 23.3 Å². The molecular formula is C56H66N6. The Morgan fingerprint density at radius 3 is 0.726 bits per heavy atom. The first-order valence-corrected chi connectivity index (χ1v) is 24.5. The molecule has 62 heavy (non-hydrogen) atoms. The van der Waals surface area contributed by atoms with Crippen LogP contribution in [0.2, 0.25) is 0 Å². The molecule has 0 saturated heterocycles. The van der Waals surface area contributed by atoms with E-state index in [-0.39, 0.29) is 0 Å². The molecule has 0 radical (unpaired) electrons. The SMILES string of the molecule is CCCCCCCCCCCCN1c2nc3c4ccccc4c4ccccc4c3nc2N(CCCCCCCCCCCC)c2nc3c4ccccc4c4ccccc4c3nc21. The number of nitrogens with zero attached hydrogens (tertiary/aromatic N) is 6. The smallest absolute Gasteiger partial charge is 0.178 e. The Morgan fingerprint density at radius 2 is 0.484 bits per heavy atom. The first kappa shape index (κ1) is 42.0. The predicted octanol–water partition coefficient (Wildman–Crippen LogP) is 16.6. The second kappa shape index (κ2) is 20.2. The van der Waals surface area contributed by atoms with Gasteiger partial charge in [-0.1, -0.05) is 226 Å². The van der Waals surface area contributed by atoms with E-state index in [1.54, 1.807) is 0 Å². The molecule has 0 bridgehead atoms. The summed E-state index contributed by atoms with van der Waals surface area (Å²) in [6.07, 6.45) is 25.8. The molecule has 6 nitrogen and oxygen atoms in total. The highest BCUT2D eigenvalue weighted by Crippen LogP contribution is 2.48. The van der Waals surface area contributed by atoms with E-state index in [1.807, 2.05) is 0 Å². The molecule has 320 valence electrons. The molecule has 1 aliphatic heterocycles. The number of anilines is 4. The third-order valence-corrected chi connectivity index (χ3v) is 13.5. The number of benzene rings is 6. The Labute approximate surface area is 369 Å². The molecule has 0 amide bonds. The van der Waals surface area contributed by atoms with Gasteiger partial charge in [0, 0.05) is 34.6 Å². The van der Waals surface area contributed by atoms with Gasteiger partial charge >= 0.3 is 0 Å². The normalized spacial score (nSPS) is 12.7. The van der Waals surface area contributed by atoms with Crippen LogP contribution in [0.25, 0.3) is 65.2 Å². The lowest BCUT2D eigenvalue weighted by Crippen LogP contribution is -2.34. The summed E-state index contributed by atoms with van der Waals surface area (Å²) in [6, 6.07) is 35.0. The Kier molecular flexibility index (Phi) is 13.7. The summed E-state index contributed by atoms with van der Waals surface area (Å²) in [5.41, 5.74) is 3.83. The Bertz CT molecular complexity index is 2420. The fourth-order valence-corrected chi connectivity index (χ4v) is 10.1. The molecule has 3 heterocycles. The summed E-state index contributed by atoms with van der Waals surface area (Å²) in [4.78, 5) is 27.7. The minimum absolute atomic E-state index is 0.819. The zero-order valence-corrected chi connectivity index (χ0v) is 37.5. The van der Waals surface area contributed by atoms with Gasteiger partial charge in [0.25, 0.3) is 0 Å². The maximum absolute atomic E-state index is 5.73. The molecule has 2 aromatic heterocycles. The monoisotopic (exact) mass is 823 g/mol. The van der Waals surface area contributed by atoms with Gasteiger partial charge < -0.3 is 9.80 Å². The van der Waals surface area contributed by atoms with Crippen LogP contribution in [0.3, 0.4) is 0 Å². The average Bonchev–Trinajstić information content (AvgIpc) is 3.32. The van der Waals surface area contributed by atoms with Gasteiger partial charge in [0.05, 0.1) is 22.1 Å². The van der Waals surface area contributed by atoms with E-state index >= 15 is 0 Å². The van der Waals surface area contributed by atoms with Gasteiger partial charge in [-0.15, -0.1) is 0 Å². The first-order valence-electron chi connectivity index (χ1n) is 24.5. The van der Waals surface area contributed by atoms with Gasteiger partial charge in [0.1, 0.15) is 0 Å². The van der Waals surface area contributed by atoms with E-state index in [9.17, 15) is 0 Å². The van der Waals surface area contributed by atoms with Crippen LogP contribution in [0.15, 0.2) is 97.1 Å². The largest absolute Gasteiger partial charge is 0.305 e. The van der Waals surface area contributed by atoms with Crippen molar-refractivity contribution in [3.63, 3.8) is 0 Å². The number of hydrogen-bond donors (Lipinski definition) is 0. The van der Waals surface area contributed by atoms with Crippen molar-refractivity contribution in [2.24, 2.45) is 0 Å². The molecule has 0 atom stereocenters. The highest BCUT2D eigenvalue weighted by atomic mass is 15.4. The molecule has 0 spiro atoms.